The van der Waals surface area contributed by atoms with Gasteiger partial charge >= 0.3 is 0 Å². The number of rotatable bonds is 10. The van der Waals surface area contributed by atoms with E-state index < -0.39 is 5.79 Å². The molecule has 2 heteroatoms. The van der Waals surface area contributed by atoms with Crippen LogP contribution < -0.4 is 4.74 Å². The van der Waals surface area contributed by atoms with E-state index in [1.165, 1.54) is 11.1 Å². The summed E-state index contributed by atoms with van der Waals surface area (Å²) in [5, 5.41) is 0. The van der Waals surface area contributed by atoms with Crippen LogP contribution in [0.3, 0.4) is 0 Å². The molecule has 2 nitrogen and oxygen atoms in total. The highest BCUT2D eigenvalue weighted by Gasteiger charge is 2.20. The van der Waals surface area contributed by atoms with Crippen molar-refractivity contribution in [2.45, 2.75) is 65.1 Å². The van der Waals surface area contributed by atoms with Gasteiger partial charge in [-0.2, -0.15) is 0 Å². The molecule has 0 saturated carbocycles. The van der Waals surface area contributed by atoms with Gasteiger partial charge in [-0.1, -0.05) is 56.3 Å². The maximum atomic E-state index is 6.01. The monoisotopic (exact) mass is 340 g/mol. The minimum absolute atomic E-state index is 0.586. The molecule has 0 aliphatic heterocycles. The smallest absolute Gasteiger partial charge is 0.204 e. The second-order valence-electron chi connectivity index (χ2n) is 7.17. The second-order valence-corrected chi connectivity index (χ2v) is 7.17. The number of hydrogen-bond donors (Lipinski definition) is 0. The van der Waals surface area contributed by atoms with Gasteiger partial charge in [0.05, 0.1) is 6.61 Å². The molecule has 0 heterocycles. The Kier molecular flexibility index (Phi) is 7.52. The number of aryl methyl sites for hydroxylation is 1. The van der Waals surface area contributed by atoms with Gasteiger partial charge in [-0.05, 0) is 54.9 Å². The Labute approximate surface area is 153 Å². The van der Waals surface area contributed by atoms with Crippen molar-refractivity contribution in [1.29, 1.82) is 0 Å². The minimum atomic E-state index is -0.607. The molecule has 0 bridgehead atoms. The first-order chi connectivity index (χ1) is 12.0. The molecule has 0 N–H and O–H groups in total. The van der Waals surface area contributed by atoms with Crippen molar-refractivity contribution in [2.24, 2.45) is 0 Å². The highest BCUT2D eigenvalue weighted by Crippen LogP contribution is 2.24. The van der Waals surface area contributed by atoms with E-state index in [0.717, 1.165) is 31.4 Å². The maximum absolute atomic E-state index is 6.01. The molecule has 2 rings (SSSR count). The molecular weight excluding hydrogens is 308 g/mol. The molecule has 2 aromatic carbocycles. The van der Waals surface area contributed by atoms with Crippen molar-refractivity contribution in [2.75, 3.05) is 6.61 Å². The highest BCUT2D eigenvalue weighted by atomic mass is 16.7. The van der Waals surface area contributed by atoms with Crippen LogP contribution in [-0.2, 0) is 11.2 Å². The van der Waals surface area contributed by atoms with Gasteiger partial charge in [-0.25, -0.2) is 0 Å². The SMILES string of the molecule is CCC(C)c1ccc(OC(C)(C)OCCCCc2ccccc2)cc1. The molecule has 0 radical (unpaired) electrons. The van der Waals surface area contributed by atoms with E-state index in [4.69, 9.17) is 9.47 Å². The summed E-state index contributed by atoms with van der Waals surface area (Å²) < 4.78 is 12.0. The number of benzene rings is 2. The Morgan fingerprint density at radius 3 is 2.24 bits per heavy atom. The first-order valence-electron chi connectivity index (χ1n) is 9.47. The van der Waals surface area contributed by atoms with Gasteiger partial charge in [0.1, 0.15) is 5.75 Å². The van der Waals surface area contributed by atoms with Crippen LogP contribution >= 0.6 is 0 Å². The molecule has 1 atom stereocenters. The summed E-state index contributed by atoms with van der Waals surface area (Å²) in [6.45, 7) is 9.13. The first kappa shape index (κ1) is 19.5. The number of ether oxygens (including phenoxy) is 2. The fraction of sp³-hybridized carbons (Fsp3) is 0.478. The summed E-state index contributed by atoms with van der Waals surface area (Å²) in [5.41, 5.74) is 2.74. The average Bonchev–Trinajstić information content (AvgIpc) is 2.62. The predicted molar refractivity (Wildman–Crippen MR) is 105 cm³/mol. The molecule has 136 valence electrons. The van der Waals surface area contributed by atoms with Crippen LogP contribution in [0.4, 0.5) is 0 Å². The molecular formula is C23H32O2. The van der Waals surface area contributed by atoms with E-state index in [0.29, 0.717) is 12.5 Å². The molecule has 1 unspecified atom stereocenters. The molecule has 0 amide bonds. The van der Waals surface area contributed by atoms with Crippen molar-refractivity contribution < 1.29 is 9.47 Å². The molecule has 0 spiro atoms. The lowest BCUT2D eigenvalue weighted by atomic mass is 9.99. The number of unbranched alkanes of at least 4 members (excludes halogenated alkanes) is 1. The van der Waals surface area contributed by atoms with Gasteiger partial charge in [0.15, 0.2) is 0 Å². The lowest BCUT2D eigenvalue weighted by Gasteiger charge is -2.27. The Morgan fingerprint density at radius 1 is 0.920 bits per heavy atom. The van der Waals surface area contributed by atoms with Crippen molar-refractivity contribution in [3.63, 3.8) is 0 Å². The van der Waals surface area contributed by atoms with Crippen molar-refractivity contribution >= 4 is 0 Å². The maximum Gasteiger partial charge on any atom is 0.204 e. The van der Waals surface area contributed by atoms with Gasteiger partial charge in [0.2, 0.25) is 5.79 Å². The fourth-order valence-corrected chi connectivity index (χ4v) is 2.81. The van der Waals surface area contributed by atoms with Crippen LogP contribution in [0.1, 0.15) is 64.0 Å². The normalized spacial score (nSPS) is 12.8. The molecule has 0 aromatic heterocycles. The zero-order chi connectivity index (χ0) is 18.1. The van der Waals surface area contributed by atoms with Crippen LogP contribution in [0.2, 0.25) is 0 Å². The van der Waals surface area contributed by atoms with E-state index in [-0.39, 0.29) is 0 Å². The Morgan fingerprint density at radius 2 is 1.60 bits per heavy atom. The Balaban J connectivity index is 1.71. The molecule has 0 fully saturated rings. The van der Waals surface area contributed by atoms with Crippen molar-refractivity contribution in [3.8, 4) is 5.75 Å². The fourth-order valence-electron chi connectivity index (χ4n) is 2.81. The summed E-state index contributed by atoms with van der Waals surface area (Å²) in [7, 11) is 0. The Bertz CT molecular complexity index is 602. The van der Waals surface area contributed by atoms with E-state index in [2.05, 4.69) is 56.3 Å². The van der Waals surface area contributed by atoms with Crippen molar-refractivity contribution in [3.05, 3.63) is 65.7 Å². The molecule has 2 aromatic rings. The van der Waals surface area contributed by atoms with Gasteiger partial charge in [-0.3, -0.25) is 0 Å². The van der Waals surface area contributed by atoms with E-state index in [1.807, 2.05) is 26.0 Å². The van der Waals surface area contributed by atoms with Gasteiger partial charge < -0.3 is 9.47 Å². The van der Waals surface area contributed by atoms with Crippen LogP contribution in [-0.4, -0.2) is 12.4 Å². The molecule has 0 saturated heterocycles. The van der Waals surface area contributed by atoms with Gasteiger partial charge in [-0.15, -0.1) is 0 Å². The minimum Gasteiger partial charge on any atom is -0.463 e. The third-order valence-electron chi connectivity index (χ3n) is 4.58. The molecule has 0 aliphatic rings. The zero-order valence-electron chi connectivity index (χ0n) is 16.1. The Hall–Kier alpha value is -1.80. The van der Waals surface area contributed by atoms with E-state index >= 15 is 0 Å². The standard InChI is InChI=1S/C23H32O2/c1-5-19(2)21-14-16-22(17-15-21)25-23(3,4)24-18-10-9-13-20-11-7-6-8-12-20/h6-8,11-12,14-17,19H,5,9-10,13,18H2,1-4H3. The zero-order valence-corrected chi connectivity index (χ0v) is 16.1. The van der Waals surface area contributed by atoms with Crippen LogP contribution in [0.15, 0.2) is 54.6 Å². The van der Waals surface area contributed by atoms with Gasteiger partial charge in [0, 0.05) is 13.8 Å². The molecule has 0 aliphatic carbocycles. The molecule has 25 heavy (non-hydrogen) atoms. The average molecular weight is 341 g/mol. The quantitative estimate of drug-likeness (QED) is 0.370. The van der Waals surface area contributed by atoms with E-state index in [9.17, 15) is 0 Å². The van der Waals surface area contributed by atoms with E-state index in [1.54, 1.807) is 0 Å². The first-order valence-corrected chi connectivity index (χ1v) is 9.47. The predicted octanol–water partition coefficient (Wildman–Crippen LogP) is 6.35. The van der Waals surface area contributed by atoms with Gasteiger partial charge in [0.25, 0.3) is 0 Å². The lowest BCUT2D eigenvalue weighted by Crippen LogP contribution is -2.32. The lowest BCUT2D eigenvalue weighted by molar-refractivity contribution is -0.156. The third-order valence-corrected chi connectivity index (χ3v) is 4.58. The summed E-state index contributed by atoms with van der Waals surface area (Å²) in [6.07, 6.45) is 4.42. The largest absolute Gasteiger partial charge is 0.463 e. The number of hydrogen-bond acceptors (Lipinski definition) is 2. The second kappa shape index (κ2) is 9.62. The summed E-state index contributed by atoms with van der Waals surface area (Å²) in [5.74, 6) is 0.842. The topological polar surface area (TPSA) is 18.5 Å². The highest BCUT2D eigenvalue weighted by molar-refractivity contribution is 5.29. The summed E-state index contributed by atoms with van der Waals surface area (Å²) in [4.78, 5) is 0. The van der Waals surface area contributed by atoms with Crippen molar-refractivity contribution in [1.82, 2.24) is 0 Å². The van der Waals surface area contributed by atoms with Crippen LogP contribution in [0.5, 0.6) is 5.75 Å². The summed E-state index contributed by atoms with van der Waals surface area (Å²) in [6, 6.07) is 19.0. The van der Waals surface area contributed by atoms with Crippen LogP contribution in [0, 0.1) is 0 Å². The third kappa shape index (κ3) is 6.91. The summed E-state index contributed by atoms with van der Waals surface area (Å²) >= 11 is 0. The van der Waals surface area contributed by atoms with Crippen LogP contribution in [0.25, 0.3) is 0 Å².